The number of aromatic nitrogens is 2. The number of anilines is 3. The molecule has 30 heavy (non-hydrogen) atoms. The van der Waals surface area contributed by atoms with E-state index in [1.807, 2.05) is 12.1 Å². The first-order chi connectivity index (χ1) is 14.7. The average Bonchev–Trinajstić information content (AvgIpc) is 3.22. The van der Waals surface area contributed by atoms with E-state index in [9.17, 15) is 4.79 Å². The predicted octanol–water partition coefficient (Wildman–Crippen LogP) is 5.06. The van der Waals surface area contributed by atoms with Crippen molar-refractivity contribution < 1.29 is 9.53 Å². The summed E-state index contributed by atoms with van der Waals surface area (Å²) < 4.78 is 5.70. The Balaban J connectivity index is 1.36. The van der Waals surface area contributed by atoms with E-state index in [-0.39, 0.29) is 6.03 Å². The Morgan fingerprint density at radius 1 is 1.13 bits per heavy atom. The smallest absolute Gasteiger partial charge is 0.325 e. The van der Waals surface area contributed by atoms with Gasteiger partial charge in [-0.3, -0.25) is 10.3 Å². The van der Waals surface area contributed by atoms with Gasteiger partial charge in [0.25, 0.3) is 0 Å². The topological polar surface area (TPSA) is 79.4 Å². The van der Waals surface area contributed by atoms with Crippen LogP contribution in [0.25, 0.3) is 0 Å². The van der Waals surface area contributed by atoms with Crippen molar-refractivity contribution in [2.24, 2.45) is 0 Å². The molecule has 4 rings (SSSR count). The summed E-state index contributed by atoms with van der Waals surface area (Å²) in [7, 11) is 0. The van der Waals surface area contributed by atoms with Gasteiger partial charge in [-0.15, -0.1) is 0 Å². The number of carbonyl (C=O) groups excluding carboxylic acids is 1. The molecule has 0 bridgehead atoms. The van der Waals surface area contributed by atoms with Crippen molar-refractivity contribution in [2.45, 2.75) is 32.8 Å². The number of hydrogen-bond donors (Lipinski definition) is 2. The van der Waals surface area contributed by atoms with Gasteiger partial charge in [0.1, 0.15) is 12.4 Å². The van der Waals surface area contributed by atoms with Crippen LogP contribution in [0, 0.1) is 6.92 Å². The Morgan fingerprint density at radius 2 is 1.93 bits per heavy atom. The second kappa shape index (κ2) is 9.58. The SMILES string of the molecule is Cc1ccc(NC(=O)Nc2ncc(COc3ccncc3)s2)c(N2CCCCC2)c1. The van der Waals surface area contributed by atoms with Gasteiger partial charge in [-0.2, -0.15) is 0 Å². The van der Waals surface area contributed by atoms with E-state index in [4.69, 9.17) is 4.74 Å². The van der Waals surface area contributed by atoms with Crippen LogP contribution in [-0.2, 0) is 6.61 Å². The Morgan fingerprint density at radius 3 is 2.73 bits per heavy atom. The largest absolute Gasteiger partial charge is 0.488 e. The highest BCUT2D eigenvalue weighted by Gasteiger charge is 2.16. The molecule has 2 N–H and O–H groups in total. The molecule has 0 unspecified atom stereocenters. The number of nitrogens with one attached hydrogen (secondary N) is 2. The van der Waals surface area contributed by atoms with E-state index in [0.29, 0.717) is 11.7 Å². The standard InChI is InChI=1S/C22H25N5O2S/c1-16-5-6-19(20(13-16)27-11-3-2-4-12-27)25-21(28)26-22-24-14-18(30-22)15-29-17-7-9-23-10-8-17/h5-10,13-14H,2-4,11-12,15H2,1H3,(H2,24,25,26,28). The molecule has 0 spiro atoms. The minimum absolute atomic E-state index is 0.298. The van der Waals surface area contributed by atoms with Gasteiger partial charge < -0.3 is 15.0 Å². The molecule has 1 aromatic carbocycles. The summed E-state index contributed by atoms with van der Waals surface area (Å²) in [5.41, 5.74) is 3.08. The Labute approximate surface area is 180 Å². The highest BCUT2D eigenvalue weighted by molar-refractivity contribution is 7.15. The number of carbonyl (C=O) groups is 1. The lowest BCUT2D eigenvalue weighted by Crippen LogP contribution is -2.31. The molecule has 1 fully saturated rings. The molecule has 156 valence electrons. The summed E-state index contributed by atoms with van der Waals surface area (Å²) in [6.07, 6.45) is 8.71. The van der Waals surface area contributed by atoms with Gasteiger partial charge in [0.05, 0.1) is 16.3 Å². The summed E-state index contributed by atoms with van der Waals surface area (Å²) in [5.74, 6) is 0.746. The molecule has 3 heterocycles. The van der Waals surface area contributed by atoms with Crippen molar-refractivity contribution in [2.75, 3.05) is 28.6 Å². The number of pyridine rings is 1. The second-order valence-corrected chi connectivity index (χ2v) is 8.37. The lowest BCUT2D eigenvalue weighted by molar-refractivity contribution is 0.262. The molecule has 1 aliphatic rings. The second-order valence-electron chi connectivity index (χ2n) is 7.25. The molecule has 0 atom stereocenters. The van der Waals surface area contributed by atoms with Gasteiger partial charge in [-0.25, -0.2) is 9.78 Å². The number of aryl methyl sites for hydroxylation is 1. The van der Waals surface area contributed by atoms with Crippen molar-refractivity contribution in [1.29, 1.82) is 0 Å². The predicted molar refractivity (Wildman–Crippen MR) is 121 cm³/mol. The van der Waals surface area contributed by atoms with Crippen LogP contribution in [0.1, 0.15) is 29.7 Å². The molecular weight excluding hydrogens is 398 g/mol. The fraction of sp³-hybridized carbons (Fsp3) is 0.318. The van der Waals surface area contributed by atoms with Crippen LogP contribution in [0.3, 0.4) is 0 Å². The fourth-order valence-corrected chi connectivity index (χ4v) is 4.14. The molecule has 3 aromatic rings. The van der Waals surface area contributed by atoms with Crippen molar-refractivity contribution in [1.82, 2.24) is 9.97 Å². The van der Waals surface area contributed by atoms with Gasteiger partial charge in [-0.05, 0) is 56.0 Å². The first-order valence-corrected chi connectivity index (χ1v) is 10.9. The number of rotatable bonds is 6. The lowest BCUT2D eigenvalue weighted by atomic mass is 10.1. The molecule has 7 nitrogen and oxygen atoms in total. The van der Waals surface area contributed by atoms with E-state index in [1.54, 1.807) is 30.7 Å². The maximum absolute atomic E-state index is 12.6. The maximum Gasteiger partial charge on any atom is 0.325 e. The van der Waals surface area contributed by atoms with E-state index >= 15 is 0 Å². The first kappa shape index (κ1) is 20.2. The van der Waals surface area contributed by atoms with Crippen LogP contribution in [0.2, 0.25) is 0 Å². The third kappa shape index (κ3) is 5.27. The van der Waals surface area contributed by atoms with Crippen molar-refractivity contribution >= 4 is 33.9 Å². The molecule has 0 aliphatic carbocycles. The molecule has 2 amide bonds. The Hall–Kier alpha value is -3.13. The zero-order chi connectivity index (χ0) is 20.8. The van der Waals surface area contributed by atoms with Crippen LogP contribution >= 0.6 is 11.3 Å². The van der Waals surface area contributed by atoms with E-state index in [0.717, 1.165) is 35.1 Å². The monoisotopic (exact) mass is 423 g/mol. The van der Waals surface area contributed by atoms with Crippen LogP contribution < -0.4 is 20.3 Å². The molecular formula is C22H25N5O2S. The van der Waals surface area contributed by atoms with Crippen LogP contribution in [0.5, 0.6) is 5.75 Å². The third-order valence-electron chi connectivity index (χ3n) is 4.90. The summed E-state index contributed by atoms with van der Waals surface area (Å²) >= 11 is 1.39. The highest BCUT2D eigenvalue weighted by atomic mass is 32.1. The fourth-order valence-electron chi connectivity index (χ4n) is 3.42. The zero-order valence-corrected chi connectivity index (χ0v) is 17.7. The molecule has 1 aliphatic heterocycles. The van der Waals surface area contributed by atoms with Gasteiger partial charge in [0.15, 0.2) is 5.13 Å². The molecule has 1 saturated heterocycles. The zero-order valence-electron chi connectivity index (χ0n) is 16.9. The van der Waals surface area contributed by atoms with Gasteiger partial charge in [-0.1, -0.05) is 17.4 Å². The minimum atomic E-state index is -0.298. The molecule has 8 heteroatoms. The molecule has 2 aromatic heterocycles. The van der Waals surface area contributed by atoms with Crippen LogP contribution in [0.4, 0.5) is 21.3 Å². The third-order valence-corrected chi connectivity index (χ3v) is 5.79. The summed E-state index contributed by atoms with van der Waals surface area (Å²) in [4.78, 5) is 24.1. The summed E-state index contributed by atoms with van der Waals surface area (Å²) in [5, 5.41) is 6.35. The van der Waals surface area contributed by atoms with Crippen molar-refractivity contribution in [3.63, 3.8) is 0 Å². The Bertz CT molecular complexity index is 986. The molecule has 0 saturated carbocycles. The van der Waals surface area contributed by atoms with Crippen LogP contribution in [0.15, 0.2) is 48.9 Å². The number of thiazole rings is 1. The number of amides is 2. The number of ether oxygens (including phenoxy) is 1. The summed E-state index contributed by atoms with van der Waals surface area (Å²) in [6.45, 7) is 4.50. The van der Waals surface area contributed by atoms with E-state index < -0.39 is 0 Å². The van der Waals surface area contributed by atoms with Gasteiger partial charge in [0.2, 0.25) is 0 Å². The van der Waals surface area contributed by atoms with Gasteiger partial charge in [0, 0.05) is 31.7 Å². The highest BCUT2D eigenvalue weighted by Crippen LogP contribution is 2.30. The van der Waals surface area contributed by atoms with Gasteiger partial charge >= 0.3 is 6.03 Å². The van der Waals surface area contributed by atoms with Crippen molar-refractivity contribution in [3.8, 4) is 5.75 Å². The number of urea groups is 1. The number of piperidine rings is 1. The summed E-state index contributed by atoms with van der Waals surface area (Å²) in [6, 6.07) is 9.42. The minimum Gasteiger partial charge on any atom is -0.488 e. The van der Waals surface area contributed by atoms with E-state index in [2.05, 4.69) is 38.5 Å². The average molecular weight is 424 g/mol. The maximum atomic E-state index is 12.6. The van der Waals surface area contributed by atoms with E-state index in [1.165, 1.54) is 36.2 Å². The normalized spacial score (nSPS) is 13.7. The lowest BCUT2D eigenvalue weighted by Gasteiger charge is -2.30. The Kier molecular flexibility index (Phi) is 6.44. The first-order valence-electron chi connectivity index (χ1n) is 10.1. The molecule has 0 radical (unpaired) electrons. The number of benzene rings is 1. The number of nitrogens with zero attached hydrogens (tertiary/aromatic N) is 3. The van der Waals surface area contributed by atoms with Crippen LogP contribution in [-0.4, -0.2) is 29.1 Å². The quantitative estimate of drug-likeness (QED) is 0.579. The van der Waals surface area contributed by atoms with Crippen molar-refractivity contribution in [3.05, 3.63) is 59.4 Å². The number of hydrogen-bond acceptors (Lipinski definition) is 6.